The summed E-state index contributed by atoms with van der Waals surface area (Å²) in [4.78, 5) is 35.9. The fourth-order valence-corrected chi connectivity index (χ4v) is 5.39. The maximum absolute atomic E-state index is 13.2. The molecule has 146 valence electrons. The Labute approximate surface area is 179 Å². The average Bonchev–Trinajstić information content (AvgIpc) is 3.39. The summed E-state index contributed by atoms with van der Waals surface area (Å²) in [6.07, 6.45) is 4.88. The maximum atomic E-state index is 13.2. The number of carbonyl (C=O) groups is 1. The molecule has 0 saturated carbocycles. The van der Waals surface area contributed by atoms with Gasteiger partial charge in [0.25, 0.3) is 5.56 Å². The number of thioether (sulfide) groups is 1. The number of hydrogen-bond acceptors (Lipinski definition) is 7. The molecule has 4 aromatic heterocycles. The molecule has 0 saturated heterocycles. The molecule has 4 rings (SSSR count). The number of nitrogens with zero attached hydrogens (tertiary/aromatic N) is 3. The van der Waals surface area contributed by atoms with E-state index in [1.165, 1.54) is 23.1 Å². The first-order valence-electron chi connectivity index (χ1n) is 8.67. The third-order valence-corrected chi connectivity index (χ3v) is 6.79. The summed E-state index contributed by atoms with van der Waals surface area (Å²) in [5.74, 6) is -0.0550. The van der Waals surface area contributed by atoms with Crippen LogP contribution in [0.2, 0.25) is 0 Å². The van der Waals surface area contributed by atoms with Gasteiger partial charge in [-0.05, 0) is 23.6 Å². The van der Waals surface area contributed by atoms with E-state index in [1.807, 2.05) is 22.9 Å². The van der Waals surface area contributed by atoms with Gasteiger partial charge in [-0.3, -0.25) is 19.1 Å². The molecule has 0 aliphatic carbocycles. The van der Waals surface area contributed by atoms with Crippen molar-refractivity contribution in [1.82, 2.24) is 14.5 Å². The molecule has 1 N–H and O–H groups in total. The van der Waals surface area contributed by atoms with E-state index in [0.717, 1.165) is 10.4 Å². The number of pyridine rings is 1. The lowest BCUT2D eigenvalue weighted by atomic mass is 10.2. The summed E-state index contributed by atoms with van der Waals surface area (Å²) in [6.45, 7) is 4.08. The van der Waals surface area contributed by atoms with E-state index in [0.29, 0.717) is 27.6 Å². The molecule has 1 amide bonds. The summed E-state index contributed by atoms with van der Waals surface area (Å²) in [5.41, 5.74) is 1.42. The molecule has 0 fully saturated rings. The summed E-state index contributed by atoms with van der Waals surface area (Å²) < 4.78 is 1.57. The molecule has 0 radical (unpaired) electrons. The summed E-state index contributed by atoms with van der Waals surface area (Å²) in [6, 6.07) is 7.48. The van der Waals surface area contributed by atoms with E-state index in [2.05, 4.69) is 21.9 Å². The van der Waals surface area contributed by atoms with Gasteiger partial charge in [0.15, 0.2) is 5.16 Å². The van der Waals surface area contributed by atoms with E-state index in [9.17, 15) is 9.59 Å². The molecular weight excluding hydrogens is 424 g/mol. The molecule has 0 aliphatic rings. The number of aromatic nitrogens is 3. The smallest absolute Gasteiger partial charge is 0.263 e. The average molecular weight is 441 g/mol. The Kier molecular flexibility index (Phi) is 5.89. The molecule has 4 heterocycles. The second kappa shape index (κ2) is 8.73. The standard InChI is InChI=1S/C20H16N4O2S3/c1-2-8-24-19(26)17-14(15-6-4-9-27-15)11-28-18(17)23-20(24)29-12-16(25)22-13-5-3-7-21-10-13/h2-7,9-11H,1,8,12H2,(H,22,25). The predicted octanol–water partition coefficient (Wildman–Crippen LogP) is 4.50. The molecule has 0 bridgehead atoms. The zero-order valence-electron chi connectivity index (χ0n) is 15.2. The van der Waals surface area contributed by atoms with E-state index >= 15 is 0 Å². The van der Waals surface area contributed by atoms with Crippen LogP contribution in [0, 0.1) is 0 Å². The lowest BCUT2D eigenvalue weighted by molar-refractivity contribution is -0.113. The van der Waals surface area contributed by atoms with E-state index in [4.69, 9.17) is 0 Å². The van der Waals surface area contributed by atoms with Gasteiger partial charge in [-0.2, -0.15) is 0 Å². The lowest BCUT2D eigenvalue weighted by Crippen LogP contribution is -2.23. The molecule has 29 heavy (non-hydrogen) atoms. The van der Waals surface area contributed by atoms with E-state index in [-0.39, 0.29) is 17.2 Å². The van der Waals surface area contributed by atoms with E-state index < -0.39 is 0 Å². The first-order valence-corrected chi connectivity index (χ1v) is 11.4. The van der Waals surface area contributed by atoms with Gasteiger partial charge in [0.05, 0.1) is 23.0 Å². The zero-order chi connectivity index (χ0) is 20.2. The second-order valence-corrected chi connectivity index (χ2v) is 8.73. The lowest BCUT2D eigenvalue weighted by Gasteiger charge is -2.10. The molecule has 0 spiro atoms. The topological polar surface area (TPSA) is 76.9 Å². The number of thiophene rings is 2. The van der Waals surface area contributed by atoms with Gasteiger partial charge in [-0.1, -0.05) is 23.9 Å². The van der Waals surface area contributed by atoms with Crippen LogP contribution in [-0.2, 0) is 11.3 Å². The molecule has 0 unspecified atom stereocenters. The number of fused-ring (bicyclic) bond motifs is 1. The number of carbonyl (C=O) groups excluding carboxylic acids is 1. The van der Waals surface area contributed by atoms with Crippen LogP contribution >= 0.6 is 34.4 Å². The Bertz CT molecular complexity index is 1210. The van der Waals surface area contributed by atoms with Crippen molar-refractivity contribution < 1.29 is 4.79 Å². The van der Waals surface area contributed by atoms with Crippen molar-refractivity contribution in [3.8, 4) is 10.4 Å². The van der Waals surface area contributed by atoms with Crippen LogP contribution in [0.25, 0.3) is 20.7 Å². The highest BCUT2D eigenvalue weighted by molar-refractivity contribution is 7.99. The maximum Gasteiger partial charge on any atom is 0.263 e. The Morgan fingerprint density at radius 2 is 2.21 bits per heavy atom. The Hall–Kier alpha value is -2.75. The van der Waals surface area contributed by atoms with Crippen molar-refractivity contribution in [3.63, 3.8) is 0 Å². The third-order valence-electron chi connectivity index (χ3n) is 4.03. The first kappa shape index (κ1) is 19.6. The Morgan fingerprint density at radius 1 is 1.31 bits per heavy atom. The Balaban J connectivity index is 1.64. The van der Waals surface area contributed by atoms with Crippen molar-refractivity contribution in [2.75, 3.05) is 11.1 Å². The van der Waals surface area contributed by atoms with Gasteiger partial charge in [0.2, 0.25) is 5.91 Å². The number of amides is 1. The third kappa shape index (κ3) is 4.16. The van der Waals surface area contributed by atoms with Crippen LogP contribution in [-0.4, -0.2) is 26.2 Å². The first-order chi connectivity index (χ1) is 14.2. The van der Waals surface area contributed by atoms with Crippen LogP contribution in [0.5, 0.6) is 0 Å². The molecule has 6 nitrogen and oxygen atoms in total. The minimum absolute atomic E-state index is 0.116. The second-order valence-electron chi connectivity index (χ2n) is 5.98. The summed E-state index contributed by atoms with van der Waals surface area (Å²) in [5, 5.41) is 7.85. The van der Waals surface area contributed by atoms with Gasteiger partial charge in [-0.25, -0.2) is 4.98 Å². The number of rotatable bonds is 7. The van der Waals surface area contributed by atoms with Crippen molar-refractivity contribution in [3.05, 3.63) is 70.4 Å². The van der Waals surface area contributed by atoms with Gasteiger partial charge < -0.3 is 5.32 Å². The van der Waals surface area contributed by atoms with Crippen LogP contribution < -0.4 is 10.9 Å². The molecule has 9 heteroatoms. The zero-order valence-corrected chi connectivity index (χ0v) is 17.6. The molecule has 0 atom stereocenters. The highest BCUT2D eigenvalue weighted by Crippen LogP contribution is 2.34. The largest absolute Gasteiger partial charge is 0.324 e. The molecule has 0 aromatic carbocycles. The normalized spacial score (nSPS) is 10.9. The van der Waals surface area contributed by atoms with Crippen molar-refractivity contribution >= 4 is 56.2 Å². The predicted molar refractivity (Wildman–Crippen MR) is 121 cm³/mol. The summed E-state index contributed by atoms with van der Waals surface area (Å²) >= 11 is 4.26. The summed E-state index contributed by atoms with van der Waals surface area (Å²) in [7, 11) is 0. The number of nitrogens with one attached hydrogen (secondary N) is 1. The Morgan fingerprint density at radius 3 is 2.93 bits per heavy atom. The van der Waals surface area contributed by atoms with Crippen molar-refractivity contribution in [1.29, 1.82) is 0 Å². The quantitative estimate of drug-likeness (QED) is 0.260. The van der Waals surface area contributed by atoms with Gasteiger partial charge in [0.1, 0.15) is 4.83 Å². The van der Waals surface area contributed by atoms with Gasteiger partial charge >= 0.3 is 0 Å². The SMILES string of the molecule is C=CCn1c(SCC(=O)Nc2cccnc2)nc2scc(-c3cccs3)c2c1=O. The number of allylic oxidation sites excluding steroid dienone is 1. The highest BCUT2D eigenvalue weighted by Gasteiger charge is 2.18. The van der Waals surface area contributed by atoms with E-state index in [1.54, 1.807) is 46.5 Å². The van der Waals surface area contributed by atoms with Gasteiger partial charge in [-0.15, -0.1) is 29.3 Å². The van der Waals surface area contributed by atoms with Crippen LogP contribution in [0.1, 0.15) is 0 Å². The number of hydrogen-bond donors (Lipinski definition) is 1. The van der Waals surface area contributed by atoms with Crippen LogP contribution in [0.3, 0.4) is 0 Å². The van der Waals surface area contributed by atoms with Crippen molar-refractivity contribution in [2.24, 2.45) is 0 Å². The fraction of sp³-hybridized carbons (Fsp3) is 0.100. The monoisotopic (exact) mass is 440 g/mol. The van der Waals surface area contributed by atoms with Gasteiger partial charge in [0, 0.05) is 28.6 Å². The highest BCUT2D eigenvalue weighted by atomic mass is 32.2. The van der Waals surface area contributed by atoms with Crippen molar-refractivity contribution in [2.45, 2.75) is 11.7 Å². The minimum Gasteiger partial charge on any atom is -0.324 e. The molecule has 4 aromatic rings. The van der Waals surface area contributed by atoms with Crippen LogP contribution in [0.4, 0.5) is 5.69 Å². The van der Waals surface area contributed by atoms with Crippen LogP contribution in [0.15, 0.2) is 70.0 Å². The fourth-order valence-electron chi connectivity index (χ4n) is 2.78. The molecular formula is C20H16N4O2S3. The molecule has 0 aliphatic heterocycles. The minimum atomic E-state index is -0.187. The number of anilines is 1.